The van der Waals surface area contributed by atoms with E-state index in [0.29, 0.717) is 29.0 Å². The fourth-order valence-electron chi connectivity index (χ4n) is 3.18. The molecule has 2 aromatic rings. The van der Waals surface area contributed by atoms with Crippen molar-refractivity contribution in [2.45, 2.75) is 30.7 Å². The van der Waals surface area contributed by atoms with Crippen molar-refractivity contribution in [2.24, 2.45) is 5.10 Å². The molecule has 0 spiro atoms. The van der Waals surface area contributed by atoms with Gasteiger partial charge in [-0.25, -0.2) is 13.8 Å². The van der Waals surface area contributed by atoms with E-state index in [1.165, 1.54) is 36.5 Å². The molecule has 0 saturated carbocycles. The van der Waals surface area contributed by atoms with E-state index in [1.54, 1.807) is 19.1 Å². The van der Waals surface area contributed by atoms with Gasteiger partial charge in [-0.05, 0) is 44.0 Å². The van der Waals surface area contributed by atoms with Crippen LogP contribution in [0.1, 0.15) is 24.0 Å². The van der Waals surface area contributed by atoms with E-state index in [-0.39, 0.29) is 17.1 Å². The van der Waals surface area contributed by atoms with Gasteiger partial charge in [0.25, 0.3) is 11.6 Å². The fraction of sp³-hybridized carbons (Fsp3) is 0.263. The molecule has 0 bridgehead atoms. The average Bonchev–Trinajstić information content (AvgIpc) is 3.20. The Morgan fingerprint density at radius 3 is 2.67 bits per heavy atom. The number of carbonyl (C=O) groups excluding carboxylic acids is 1. The van der Waals surface area contributed by atoms with Crippen LogP contribution in [-0.4, -0.2) is 42.4 Å². The largest absolute Gasteiger partial charge is 0.272 e. The van der Waals surface area contributed by atoms with Gasteiger partial charge in [0, 0.05) is 28.8 Å². The number of hydrazone groups is 1. The zero-order chi connectivity index (χ0) is 21.9. The van der Waals surface area contributed by atoms with Crippen LogP contribution in [-0.2, 0) is 14.8 Å². The minimum Gasteiger partial charge on any atom is -0.271 e. The van der Waals surface area contributed by atoms with Gasteiger partial charge in [-0.15, -0.1) is 0 Å². The number of benzene rings is 2. The number of aryl methyl sites for hydroxylation is 1. The number of hydrogen-bond acceptors (Lipinski definition) is 6. The molecule has 9 nitrogen and oxygen atoms in total. The summed E-state index contributed by atoms with van der Waals surface area (Å²) in [6, 6.07) is 9.41. The standard InChI is InChI=1S/C19H19ClN4O5S/c1-13-4-5-14(11-18(13)24(26)27)12-21-22-19(25)17-3-2-10-23(17)30(28,29)16-8-6-15(20)7-9-16/h4-9,11-12,17H,2-3,10H2,1H3,(H,22,25)/t17-/m1/s1. The van der Waals surface area contributed by atoms with Crippen molar-refractivity contribution in [3.63, 3.8) is 0 Å². The van der Waals surface area contributed by atoms with Crippen molar-refractivity contribution in [3.05, 3.63) is 68.7 Å². The van der Waals surface area contributed by atoms with Gasteiger partial charge in [-0.3, -0.25) is 14.9 Å². The molecule has 158 valence electrons. The van der Waals surface area contributed by atoms with Crippen molar-refractivity contribution < 1.29 is 18.1 Å². The van der Waals surface area contributed by atoms with Crippen LogP contribution in [0.15, 0.2) is 52.5 Å². The predicted octanol–water partition coefficient (Wildman–Crippen LogP) is 2.86. The van der Waals surface area contributed by atoms with E-state index in [4.69, 9.17) is 11.6 Å². The van der Waals surface area contributed by atoms with Crippen molar-refractivity contribution in [2.75, 3.05) is 6.54 Å². The number of rotatable bonds is 6. The van der Waals surface area contributed by atoms with Crippen LogP contribution < -0.4 is 5.43 Å². The molecule has 1 saturated heterocycles. The second-order valence-electron chi connectivity index (χ2n) is 6.76. The molecule has 1 N–H and O–H groups in total. The third-order valence-corrected chi connectivity index (χ3v) is 6.92. The van der Waals surface area contributed by atoms with Crippen molar-refractivity contribution in [3.8, 4) is 0 Å². The van der Waals surface area contributed by atoms with E-state index < -0.39 is 26.9 Å². The maximum atomic E-state index is 12.9. The smallest absolute Gasteiger partial charge is 0.271 e. The maximum Gasteiger partial charge on any atom is 0.272 e. The van der Waals surface area contributed by atoms with Crippen molar-refractivity contribution in [1.82, 2.24) is 9.73 Å². The van der Waals surface area contributed by atoms with Gasteiger partial charge in [-0.2, -0.15) is 9.41 Å². The van der Waals surface area contributed by atoms with Gasteiger partial charge >= 0.3 is 0 Å². The average molecular weight is 451 g/mol. The zero-order valence-electron chi connectivity index (χ0n) is 16.0. The Bertz CT molecular complexity index is 1100. The number of nitro benzene ring substituents is 1. The van der Waals surface area contributed by atoms with Gasteiger partial charge in [0.2, 0.25) is 10.0 Å². The molecule has 1 aliphatic heterocycles. The molecular formula is C19H19ClN4O5S. The first-order valence-electron chi connectivity index (χ1n) is 9.05. The van der Waals surface area contributed by atoms with Crippen molar-refractivity contribution >= 4 is 39.4 Å². The fourth-order valence-corrected chi connectivity index (χ4v) is 4.96. The molecule has 3 rings (SSSR count). The van der Waals surface area contributed by atoms with Crippen LogP contribution in [0.3, 0.4) is 0 Å². The van der Waals surface area contributed by atoms with Gasteiger partial charge in [0.15, 0.2) is 0 Å². The number of sulfonamides is 1. The molecule has 0 aliphatic carbocycles. The highest BCUT2D eigenvalue weighted by Crippen LogP contribution is 2.27. The van der Waals surface area contributed by atoms with E-state index in [0.717, 1.165) is 4.31 Å². The molecule has 1 atom stereocenters. The molecule has 1 amide bonds. The number of amides is 1. The zero-order valence-corrected chi connectivity index (χ0v) is 17.6. The first-order chi connectivity index (χ1) is 14.2. The van der Waals surface area contributed by atoms with Gasteiger partial charge in [0.1, 0.15) is 6.04 Å². The van der Waals surface area contributed by atoms with Crippen LogP contribution in [0.4, 0.5) is 5.69 Å². The third kappa shape index (κ3) is 4.66. The molecule has 0 aromatic heterocycles. The van der Waals surface area contributed by atoms with Crippen LogP contribution in [0, 0.1) is 17.0 Å². The molecule has 11 heteroatoms. The molecule has 2 aromatic carbocycles. The summed E-state index contributed by atoms with van der Waals surface area (Å²) in [6.07, 6.45) is 2.18. The van der Waals surface area contributed by atoms with E-state index >= 15 is 0 Å². The second kappa shape index (κ2) is 8.90. The van der Waals surface area contributed by atoms with Crippen LogP contribution >= 0.6 is 11.6 Å². The Labute approximate surface area is 178 Å². The SMILES string of the molecule is Cc1ccc(C=NNC(=O)[C@H]2CCCN2S(=O)(=O)c2ccc(Cl)cc2)cc1[N+](=O)[O-]. The minimum atomic E-state index is -3.86. The molecule has 0 radical (unpaired) electrons. The number of carbonyl (C=O) groups is 1. The number of nitro groups is 1. The van der Waals surface area contributed by atoms with Gasteiger partial charge < -0.3 is 0 Å². The van der Waals surface area contributed by atoms with Gasteiger partial charge in [-0.1, -0.05) is 23.7 Å². The lowest BCUT2D eigenvalue weighted by Gasteiger charge is -2.22. The number of halogens is 1. The van der Waals surface area contributed by atoms with Crippen LogP contribution in [0.2, 0.25) is 5.02 Å². The summed E-state index contributed by atoms with van der Waals surface area (Å²) in [7, 11) is -3.86. The lowest BCUT2D eigenvalue weighted by molar-refractivity contribution is -0.385. The molecule has 1 aliphatic rings. The summed E-state index contributed by atoms with van der Waals surface area (Å²) in [5.41, 5.74) is 3.22. The monoisotopic (exact) mass is 450 g/mol. The minimum absolute atomic E-state index is 0.0543. The molecule has 0 unspecified atom stereocenters. The van der Waals surface area contributed by atoms with Crippen molar-refractivity contribution in [1.29, 1.82) is 0 Å². The number of nitrogens with zero attached hydrogens (tertiary/aromatic N) is 3. The summed E-state index contributed by atoms with van der Waals surface area (Å²) in [5.74, 6) is -0.567. The molecular weight excluding hydrogens is 432 g/mol. The molecule has 1 fully saturated rings. The van der Waals surface area contributed by atoms with Gasteiger partial charge in [0.05, 0.1) is 16.0 Å². The number of hydrogen-bond donors (Lipinski definition) is 1. The topological polar surface area (TPSA) is 122 Å². The Balaban J connectivity index is 1.72. The summed E-state index contributed by atoms with van der Waals surface area (Å²) in [4.78, 5) is 23.1. The lowest BCUT2D eigenvalue weighted by atomic mass is 10.1. The normalized spacial score (nSPS) is 17.3. The summed E-state index contributed by atoms with van der Waals surface area (Å²) in [5, 5.41) is 15.3. The molecule has 30 heavy (non-hydrogen) atoms. The summed E-state index contributed by atoms with van der Waals surface area (Å²) >= 11 is 5.82. The highest BCUT2D eigenvalue weighted by molar-refractivity contribution is 7.89. The third-order valence-electron chi connectivity index (χ3n) is 4.74. The summed E-state index contributed by atoms with van der Waals surface area (Å²) in [6.45, 7) is 1.84. The van der Waals surface area contributed by atoms with Crippen LogP contribution in [0.25, 0.3) is 0 Å². The van der Waals surface area contributed by atoms with E-state index in [1.807, 2.05) is 0 Å². The highest BCUT2D eigenvalue weighted by Gasteiger charge is 2.39. The quantitative estimate of drug-likeness (QED) is 0.412. The predicted molar refractivity (Wildman–Crippen MR) is 112 cm³/mol. The Kier molecular flexibility index (Phi) is 6.49. The lowest BCUT2D eigenvalue weighted by Crippen LogP contribution is -2.44. The second-order valence-corrected chi connectivity index (χ2v) is 9.09. The first-order valence-corrected chi connectivity index (χ1v) is 10.9. The molecule has 1 heterocycles. The Morgan fingerprint density at radius 1 is 1.30 bits per heavy atom. The van der Waals surface area contributed by atoms with E-state index in [2.05, 4.69) is 10.5 Å². The maximum absolute atomic E-state index is 12.9. The van der Waals surface area contributed by atoms with E-state index in [9.17, 15) is 23.3 Å². The number of nitrogens with one attached hydrogen (secondary N) is 1. The summed E-state index contributed by atoms with van der Waals surface area (Å²) < 4.78 is 26.9. The highest BCUT2D eigenvalue weighted by atomic mass is 35.5. The first kappa shape index (κ1) is 21.9. The Morgan fingerprint density at radius 2 is 2.00 bits per heavy atom. The van der Waals surface area contributed by atoms with Crippen LogP contribution in [0.5, 0.6) is 0 Å². The Hall–Kier alpha value is -2.82.